The van der Waals surface area contributed by atoms with Crippen molar-refractivity contribution in [3.05, 3.63) is 54.1 Å². The molecule has 1 saturated heterocycles. The minimum absolute atomic E-state index is 0.000415. The van der Waals surface area contributed by atoms with E-state index >= 15 is 0 Å². The predicted molar refractivity (Wildman–Crippen MR) is 211 cm³/mol. The third-order valence-electron chi connectivity index (χ3n) is 8.47. The molecule has 3 heterocycles. The maximum atomic E-state index is 12.7. The second kappa shape index (κ2) is 21.6. The largest absolute Gasteiger partial charge is 0.550 e. The third kappa shape index (κ3) is 15.1. The van der Waals surface area contributed by atoms with Crippen molar-refractivity contribution in [3.8, 4) is 0 Å². The van der Waals surface area contributed by atoms with Crippen LogP contribution in [0.1, 0.15) is 38.5 Å². The Labute approximate surface area is 355 Å². The van der Waals surface area contributed by atoms with Gasteiger partial charge in [-0.2, -0.15) is 4.31 Å². The van der Waals surface area contributed by atoms with Gasteiger partial charge < -0.3 is 60.8 Å². The maximum Gasteiger partial charge on any atom is 0.481 e. The molecule has 0 aliphatic carbocycles. The molecule has 7 unspecified atom stereocenters. The van der Waals surface area contributed by atoms with E-state index in [0.717, 1.165) is 29.0 Å². The van der Waals surface area contributed by atoms with Gasteiger partial charge in [-0.05, 0) is 11.6 Å². The normalized spacial score (nSPS) is 20.9. The smallest absolute Gasteiger partial charge is 0.481 e. The number of carbonyl (C=O) groups is 4. The SMILES string of the molecule is CC(C)(COP(=O)(O)OP(=O)(O)OCC1OC(n2cnc3c(N)ncnc32)C(O)C1OP(=O)(O)O)C(O)C(=O)NCCC(=O)NCCSC(=O)/C(=C/c1ccccc1)CC(=O)[O-]. The molecule has 0 radical (unpaired) electrons. The molecule has 1 aliphatic rings. The van der Waals surface area contributed by atoms with Crippen LogP contribution in [0.15, 0.2) is 48.6 Å². The van der Waals surface area contributed by atoms with Gasteiger partial charge in [0.05, 0.1) is 19.5 Å². The minimum Gasteiger partial charge on any atom is -0.550 e. The second-order valence-electron chi connectivity index (χ2n) is 13.8. The van der Waals surface area contributed by atoms with Crippen LogP contribution < -0.4 is 21.5 Å². The number of hydrogen-bond acceptors (Lipinski definition) is 20. The minimum atomic E-state index is -5.61. The number of thioether (sulfide) groups is 1. The maximum absolute atomic E-state index is 12.7. The molecule has 7 atom stereocenters. The van der Waals surface area contributed by atoms with Crippen molar-refractivity contribution < 1.29 is 90.4 Å². The van der Waals surface area contributed by atoms with Crippen molar-refractivity contribution in [3.63, 3.8) is 0 Å². The number of rotatable bonds is 23. The molecule has 0 saturated carbocycles. The third-order valence-corrected chi connectivity index (χ3v) is 12.5. The first kappa shape index (κ1) is 50.6. The Balaban J connectivity index is 1.21. The summed E-state index contributed by atoms with van der Waals surface area (Å²) in [6, 6.07) is 8.56. The van der Waals surface area contributed by atoms with Crippen LogP contribution in [0, 0.1) is 5.41 Å². The molecule has 4 rings (SSSR count). The number of fused-ring (bicyclic) bond motifs is 1. The van der Waals surface area contributed by atoms with Gasteiger partial charge in [0.25, 0.3) is 0 Å². The molecule has 3 aromatic rings. The molecular formula is C32H43N7O19P3S-. The lowest BCUT2D eigenvalue weighted by Crippen LogP contribution is -2.46. The standard InChI is InChI=1S/C32H44N7O19P3S/c1-32(2,26(44)29(45)35-9-8-21(40)34-10-11-62-31(46)19(13-22(41)42)12-18-6-4-3-5-7-18)15-55-61(52,53)58-60(50,51)54-14-20-25(57-59(47,48)49)24(43)30(56-20)39-17-38-23-27(33)36-16-37-28(23)39/h3-7,12,16-17,20,24-26,30,43-44H,8-11,13-15H2,1-2H3,(H,34,40)(H,35,45)(H,41,42)(H,50,51)(H,52,53)(H2,33,36,37)(H2,47,48,49)/p-1/b19-12+. The van der Waals surface area contributed by atoms with Crippen LogP contribution in [-0.4, -0.2) is 129 Å². The van der Waals surface area contributed by atoms with Gasteiger partial charge in [0, 0.05) is 48.6 Å². The number of imidazole rings is 1. The highest BCUT2D eigenvalue weighted by Crippen LogP contribution is 2.61. The molecule has 342 valence electrons. The van der Waals surface area contributed by atoms with E-state index in [1.54, 1.807) is 30.3 Å². The van der Waals surface area contributed by atoms with Crippen LogP contribution in [0.2, 0.25) is 0 Å². The first-order chi connectivity index (χ1) is 28.9. The highest BCUT2D eigenvalue weighted by atomic mass is 32.2. The molecule has 26 nitrogen and oxygen atoms in total. The lowest BCUT2D eigenvalue weighted by molar-refractivity contribution is -0.304. The van der Waals surface area contributed by atoms with Gasteiger partial charge in [0.2, 0.25) is 16.9 Å². The number of anilines is 1. The number of nitrogens with zero attached hydrogens (tertiary/aromatic N) is 4. The lowest BCUT2D eigenvalue weighted by atomic mass is 9.87. The molecule has 62 heavy (non-hydrogen) atoms. The quantitative estimate of drug-likeness (QED) is 0.0309. The van der Waals surface area contributed by atoms with E-state index in [1.807, 2.05) is 0 Å². The summed E-state index contributed by atoms with van der Waals surface area (Å²) in [6.07, 6.45) is -6.36. The molecule has 2 aromatic heterocycles. The number of aromatic nitrogens is 4. The van der Waals surface area contributed by atoms with E-state index in [4.69, 9.17) is 19.5 Å². The summed E-state index contributed by atoms with van der Waals surface area (Å²) < 4.78 is 62.2. The van der Waals surface area contributed by atoms with E-state index in [9.17, 15) is 67.8 Å². The molecule has 1 aliphatic heterocycles. The Hall–Kier alpha value is -4.01. The fraction of sp³-hybridized carbons (Fsp3) is 0.469. The number of carboxylic acids is 1. The Kier molecular flexibility index (Phi) is 17.6. The fourth-order valence-electron chi connectivity index (χ4n) is 5.45. The Morgan fingerprint density at radius 1 is 1.03 bits per heavy atom. The molecule has 2 amide bonds. The number of carboxylic acid groups (broad SMARTS) is 1. The van der Waals surface area contributed by atoms with Crippen molar-refractivity contribution in [1.82, 2.24) is 30.2 Å². The molecule has 30 heteroatoms. The summed E-state index contributed by atoms with van der Waals surface area (Å²) in [6.45, 7) is 0.0802. The van der Waals surface area contributed by atoms with E-state index < -0.39 is 102 Å². The average Bonchev–Trinajstić information content (AvgIpc) is 3.74. The average molecular weight is 955 g/mol. The van der Waals surface area contributed by atoms with Crippen LogP contribution in [0.25, 0.3) is 17.2 Å². The van der Waals surface area contributed by atoms with Gasteiger partial charge in [-0.3, -0.25) is 32.5 Å². The topological polar surface area (TPSA) is 404 Å². The van der Waals surface area contributed by atoms with E-state index in [1.165, 1.54) is 19.9 Å². The van der Waals surface area contributed by atoms with Crippen LogP contribution in [-0.2, 0) is 55.5 Å². The molecule has 1 fully saturated rings. The van der Waals surface area contributed by atoms with Crippen molar-refractivity contribution in [1.29, 1.82) is 0 Å². The number of nitrogens with two attached hydrogens (primary N) is 1. The van der Waals surface area contributed by atoms with Gasteiger partial charge in [-0.25, -0.2) is 28.6 Å². The monoisotopic (exact) mass is 954 g/mol. The first-order valence-corrected chi connectivity index (χ1v) is 23.4. The number of nitrogen functional groups attached to an aromatic ring is 1. The number of benzene rings is 1. The number of phosphoric acid groups is 3. The zero-order valence-electron chi connectivity index (χ0n) is 32.6. The number of hydrogen-bond donors (Lipinski definition) is 9. The van der Waals surface area contributed by atoms with Crippen LogP contribution in [0.5, 0.6) is 0 Å². The highest BCUT2D eigenvalue weighted by Gasteiger charge is 2.50. The summed E-state index contributed by atoms with van der Waals surface area (Å²) in [4.78, 5) is 99.7. The Bertz CT molecular complexity index is 2260. The summed E-state index contributed by atoms with van der Waals surface area (Å²) in [7, 11) is -16.5. The second-order valence-corrected chi connectivity index (χ2v) is 19.1. The number of amides is 2. The van der Waals surface area contributed by atoms with Crippen LogP contribution >= 0.6 is 35.2 Å². The number of ether oxygens (including phenoxy) is 1. The number of aliphatic carboxylic acids is 1. The number of phosphoric ester groups is 3. The lowest BCUT2D eigenvalue weighted by Gasteiger charge is -2.30. The zero-order valence-corrected chi connectivity index (χ0v) is 36.1. The number of nitrogens with one attached hydrogen (secondary N) is 2. The fourth-order valence-corrected chi connectivity index (χ4v) is 8.99. The summed E-state index contributed by atoms with van der Waals surface area (Å²) in [5.41, 5.74) is 4.79. The van der Waals surface area contributed by atoms with Crippen LogP contribution in [0.4, 0.5) is 5.82 Å². The molecule has 0 spiro atoms. The molecule has 1 aromatic carbocycles. The highest BCUT2D eigenvalue weighted by molar-refractivity contribution is 8.14. The van der Waals surface area contributed by atoms with Crippen molar-refractivity contribution in [2.45, 2.75) is 57.3 Å². The van der Waals surface area contributed by atoms with Crippen molar-refractivity contribution in [2.24, 2.45) is 5.41 Å². The Morgan fingerprint density at radius 2 is 1.71 bits per heavy atom. The van der Waals surface area contributed by atoms with Crippen LogP contribution in [0.3, 0.4) is 0 Å². The summed E-state index contributed by atoms with van der Waals surface area (Å²) in [5.74, 6) is -2.99. The van der Waals surface area contributed by atoms with Gasteiger partial charge in [-0.15, -0.1) is 0 Å². The molecule has 10 N–H and O–H groups in total. The van der Waals surface area contributed by atoms with Gasteiger partial charge in [0.1, 0.15) is 36.3 Å². The molecule has 0 bridgehead atoms. The van der Waals surface area contributed by atoms with E-state index in [0.29, 0.717) is 5.56 Å². The Morgan fingerprint density at radius 3 is 2.37 bits per heavy atom. The number of carbonyl (C=O) groups excluding carboxylic acids is 4. The van der Waals surface area contributed by atoms with Gasteiger partial charge in [0.15, 0.2) is 17.7 Å². The zero-order chi connectivity index (χ0) is 46.0. The van der Waals surface area contributed by atoms with Crippen molar-refractivity contribution in [2.75, 3.05) is 37.8 Å². The first-order valence-electron chi connectivity index (χ1n) is 17.9. The predicted octanol–water partition coefficient (Wildman–Crippen LogP) is -1.11. The van der Waals surface area contributed by atoms with E-state index in [2.05, 4.69) is 34.4 Å². The van der Waals surface area contributed by atoms with Crippen molar-refractivity contribution >= 4 is 81.2 Å². The number of aliphatic hydroxyl groups excluding tert-OH is 2. The number of aliphatic hydroxyl groups is 2. The van der Waals surface area contributed by atoms with E-state index in [-0.39, 0.29) is 47.8 Å². The molecular weight excluding hydrogens is 911 g/mol. The van der Waals surface area contributed by atoms with Gasteiger partial charge in [-0.1, -0.05) is 55.9 Å². The van der Waals surface area contributed by atoms with Gasteiger partial charge >= 0.3 is 23.5 Å². The summed E-state index contributed by atoms with van der Waals surface area (Å²) in [5, 5.41) is 36.9. The summed E-state index contributed by atoms with van der Waals surface area (Å²) >= 11 is 0.780.